The lowest BCUT2D eigenvalue weighted by Crippen LogP contribution is -2.46. The van der Waals surface area contributed by atoms with Gasteiger partial charge in [0.05, 0.1) is 0 Å². The zero-order valence-electron chi connectivity index (χ0n) is 21.2. The zero-order chi connectivity index (χ0) is 24.9. The Kier molecular flexibility index (Phi) is 7.85. The van der Waals surface area contributed by atoms with Crippen molar-refractivity contribution in [2.45, 2.75) is 76.4 Å². The van der Waals surface area contributed by atoms with Crippen LogP contribution in [0.4, 0.5) is 0 Å². The maximum absolute atomic E-state index is 13.4. The van der Waals surface area contributed by atoms with Crippen LogP contribution in [0.3, 0.4) is 0 Å². The number of pyridine rings is 1. The highest BCUT2D eigenvalue weighted by Gasteiger charge is 2.28. The molecule has 1 saturated carbocycles. The van der Waals surface area contributed by atoms with E-state index in [4.69, 9.17) is 0 Å². The lowest BCUT2D eigenvalue weighted by atomic mass is 10.0. The van der Waals surface area contributed by atoms with E-state index < -0.39 is 5.43 Å². The van der Waals surface area contributed by atoms with Crippen molar-refractivity contribution in [3.8, 4) is 0 Å². The first-order valence-corrected chi connectivity index (χ1v) is 13.7. The van der Waals surface area contributed by atoms with Crippen molar-refractivity contribution in [3.63, 3.8) is 0 Å². The largest absolute Gasteiger partial charge is 0.349 e. The smallest absolute Gasteiger partial charge is 0.259 e. The van der Waals surface area contributed by atoms with Crippen molar-refractivity contribution < 1.29 is 9.59 Å². The van der Waals surface area contributed by atoms with Crippen LogP contribution >= 0.6 is 0 Å². The highest BCUT2D eigenvalue weighted by Crippen LogP contribution is 2.29. The quantitative estimate of drug-likeness (QED) is 0.665. The average molecular weight is 491 g/mol. The van der Waals surface area contributed by atoms with Gasteiger partial charge in [-0.2, -0.15) is 0 Å². The maximum Gasteiger partial charge on any atom is 0.259 e. The van der Waals surface area contributed by atoms with Crippen LogP contribution in [0.1, 0.15) is 90.1 Å². The standard InChI is InChI=1S/C29H38N4O3/c34-27-25(28(35)30-23-13-17-31(18-14-23)19-22-9-3-1-4-10-22)20-33(24-11-5-6-12-24)21-26(27)29(36)32-15-7-2-8-16-32/h1,3-4,9-10,20-21,23-24H,2,5-8,11-19H2,(H,30,35). The lowest BCUT2D eigenvalue weighted by molar-refractivity contribution is 0.0722. The molecule has 1 aromatic heterocycles. The van der Waals surface area contributed by atoms with E-state index in [9.17, 15) is 14.4 Å². The van der Waals surface area contributed by atoms with Gasteiger partial charge in [-0.05, 0) is 50.5 Å². The Morgan fingerprint density at radius 2 is 1.47 bits per heavy atom. The molecule has 0 atom stereocenters. The van der Waals surface area contributed by atoms with Gasteiger partial charge in [0.15, 0.2) is 0 Å². The molecule has 3 heterocycles. The number of likely N-dealkylation sites (tertiary alicyclic amines) is 2. The number of aromatic nitrogens is 1. The topological polar surface area (TPSA) is 74.7 Å². The van der Waals surface area contributed by atoms with Gasteiger partial charge in [0.2, 0.25) is 5.43 Å². The summed E-state index contributed by atoms with van der Waals surface area (Å²) in [6, 6.07) is 10.7. The number of hydrogen-bond acceptors (Lipinski definition) is 4. The number of piperidine rings is 2. The summed E-state index contributed by atoms with van der Waals surface area (Å²) in [7, 11) is 0. The van der Waals surface area contributed by atoms with Crippen LogP contribution in [0, 0.1) is 0 Å². The molecule has 5 rings (SSSR count). The number of benzene rings is 1. The Labute approximate surface area is 213 Å². The van der Waals surface area contributed by atoms with Gasteiger partial charge in [-0.3, -0.25) is 19.3 Å². The molecular formula is C29H38N4O3. The Balaban J connectivity index is 1.30. The third-order valence-corrected chi connectivity index (χ3v) is 8.08. The molecule has 36 heavy (non-hydrogen) atoms. The summed E-state index contributed by atoms with van der Waals surface area (Å²) in [6.07, 6.45) is 12.5. The average Bonchev–Trinajstić information content (AvgIpc) is 3.46. The monoisotopic (exact) mass is 490 g/mol. The second kappa shape index (κ2) is 11.4. The molecule has 0 radical (unpaired) electrons. The normalized spacial score (nSPS) is 19.9. The van der Waals surface area contributed by atoms with Crippen LogP contribution in [0.15, 0.2) is 47.5 Å². The van der Waals surface area contributed by atoms with Crippen molar-refractivity contribution in [2.75, 3.05) is 26.2 Å². The second-order valence-electron chi connectivity index (χ2n) is 10.7. The van der Waals surface area contributed by atoms with Gasteiger partial charge in [0.1, 0.15) is 11.1 Å². The third kappa shape index (κ3) is 5.72. The minimum absolute atomic E-state index is 0.0327. The molecule has 1 aliphatic carbocycles. The van der Waals surface area contributed by atoms with E-state index in [1.54, 1.807) is 17.3 Å². The first-order chi connectivity index (χ1) is 17.6. The van der Waals surface area contributed by atoms with Crippen molar-refractivity contribution in [2.24, 2.45) is 0 Å². The van der Waals surface area contributed by atoms with Gasteiger partial charge in [0.25, 0.3) is 11.8 Å². The van der Waals surface area contributed by atoms with Crippen LogP contribution < -0.4 is 10.7 Å². The van der Waals surface area contributed by atoms with E-state index in [1.165, 1.54) is 5.56 Å². The van der Waals surface area contributed by atoms with Crippen LogP contribution in [0.2, 0.25) is 0 Å². The number of hydrogen-bond donors (Lipinski definition) is 1. The molecule has 2 amide bonds. The fourth-order valence-corrected chi connectivity index (χ4v) is 5.93. The number of amides is 2. The molecule has 2 aliphatic heterocycles. The number of nitrogens with zero attached hydrogens (tertiary/aromatic N) is 3. The van der Waals surface area contributed by atoms with Gasteiger partial charge in [-0.15, -0.1) is 0 Å². The van der Waals surface area contributed by atoms with Gasteiger partial charge < -0.3 is 14.8 Å². The summed E-state index contributed by atoms with van der Waals surface area (Å²) in [6.45, 7) is 4.08. The van der Waals surface area contributed by atoms with E-state index >= 15 is 0 Å². The second-order valence-corrected chi connectivity index (χ2v) is 10.7. The predicted octanol–water partition coefficient (Wildman–Crippen LogP) is 3.98. The van der Waals surface area contributed by atoms with E-state index in [0.29, 0.717) is 13.1 Å². The summed E-state index contributed by atoms with van der Waals surface area (Å²) in [5.41, 5.74) is 1.12. The molecule has 1 aromatic carbocycles. The van der Waals surface area contributed by atoms with Crippen LogP contribution in [-0.4, -0.2) is 58.4 Å². The maximum atomic E-state index is 13.4. The molecule has 0 spiro atoms. The Hall–Kier alpha value is -2.93. The van der Waals surface area contributed by atoms with Gasteiger partial charge in [-0.25, -0.2) is 0 Å². The molecule has 0 bridgehead atoms. The Morgan fingerprint density at radius 1 is 0.806 bits per heavy atom. The van der Waals surface area contributed by atoms with Crippen molar-refractivity contribution in [1.82, 2.24) is 19.7 Å². The minimum atomic E-state index is -0.432. The van der Waals surface area contributed by atoms with Gasteiger partial charge >= 0.3 is 0 Å². The van der Waals surface area contributed by atoms with Crippen LogP contribution in [0.5, 0.6) is 0 Å². The summed E-state index contributed by atoms with van der Waals surface area (Å²) < 4.78 is 1.98. The zero-order valence-corrected chi connectivity index (χ0v) is 21.2. The first-order valence-electron chi connectivity index (χ1n) is 13.7. The van der Waals surface area contributed by atoms with E-state index in [2.05, 4.69) is 34.5 Å². The van der Waals surface area contributed by atoms with E-state index in [1.807, 2.05) is 10.6 Å². The summed E-state index contributed by atoms with van der Waals surface area (Å²) in [5, 5.41) is 3.12. The number of carbonyl (C=O) groups is 2. The molecule has 3 aliphatic rings. The van der Waals surface area contributed by atoms with Crippen LogP contribution in [-0.2, 0) is 6.54 Å². The molecule has 3 fully saturated rings. The molecule has 7 heteroatoms. The highest BCUT2D eigenvalue weighted by molar-refractivity contribution is 5.99. The highest BCUT2D eigenvalue weighted by atomic mass is 16.2. The summed E-state index contributed by atoms with van der Waals surface area (Å²) in [4.78, 5) is 44.3. The number of carbonyl (C=O) groups excluding carboxylic acids is 2. The molecule has 0 unspecified atom stereocenters. The van der Waals surface area contributed by atoms with Gasteiger partial charge in [0, 0.05) is 57.2 Å². The van der Waals surface area contributed by atoms with E-state index in [-0.39, 0.29) is 35.0 Å². The van der Waals surface area contributed by atoms with E-state index in [0.717, 1.165) is 77.4 Å². The van der Waals surface area contributed by atoms with Crippen molar-refractivity contribution in [3.05, 3.63) is 69.6 Å². The SMILES string of the molecule is O=C(NC1CCN(Cc2ccccc2)CC1)c1cn(C2CCCC2)cc(C(=O)N2CCCCC2)c1=O. The van der Waals surface area contributed by atoms with Crippen LogP contribution in [0.25, 0.3) is 0 Å². The Morgan fingerprint density at radius 3 is 2.17 bits per heavy atom. The molecule has 1 N–H and O–H groups in total. The fourth-order valence-electron chi connectivity index (χ4n) is 5.93. The van der Waals surface area contributed by atoms with Crippen molar-refractivity contribution >= 4 is 11.8 Å². The predicted molar refractivity (Wildman–Crippen MR) is 140 cm³/mol. The molecule has 2 saturated heterocycles. The fraction of sp³-hybridized carbons (Fsp3) is 0.552. The minimum Gasteiger partial charge on any atom is -0.349 e. The molecule has 192 valence electrons. The first kappa shape index (κ1) is 24.8. The molecular weight excluding hydrogens is 452 g/mol. The lowest BCUT2D eigenvalue weighted by Gasteiger charge is -2.32. The van der Waals surface area contributed by atoms with Crippen molar-refractivity contribution in [1.29, 1.82) is 0 Å². The number of rotatable bonds is 6. The summed E-state index contributed by atoms with van der Waals surface area (Å²) in [5.74, 6) is -0.572. The Bertz CT molecular complexity index is 1110. The molecule has 7 nitrogen and oxygen atoms in total. The van der Waals surface area contributed by atoms with Gasteiger partial charge in [-0.1, -0.05) is 43.2 Å². The summed E-state index contributed by atoms with van der Waals surface area (Å²) >= 11 is 0. The third-order valence-electron chi connectivity index (χ3n) is 8.08. The number of nitrogens with one attached hydrogen (secondary N) is 1. The molecule has 2 aromatic rings.